The van der Waals surface area contributed by atoms with Crippen molar-refractivity contribution < 1.29 is 39.8 Å². The van der Waals surface area contributed by atoms with Crippen molar-refractivity contribution in [2.24, 2.45) is 0 Å². The molecule has 9 nitrogen and oxygen atoms in total. The van der Waals surface area contributed by atoms with Gasteiger partial charge < -0.3 is 40.3 Å². The van der Waals surface area contributed by atoms with E-state index >= 15 is 0 Å². The third-order valence-electron chi connectivity index (χ3n) is 18.6. The lowest BCUT2D eigenvalue weighted by atomic mass is 9.99. The van der Waals surface area contributed by atoms with Crippen LogP contribution in [0.4, 0.5) is 0 Å². The minimum Gasteiger partial charge on any atom is -0.394 e. The predicted molar refractivity (Wildman–Crippen MR) is 360 cm³/mol. The van der Waals surface area contributed by atoms with Crippen LogP contribution in [0.3, 0.4) is 0 Å². The maximum absolute atomic E-state index is 13.2. The van der Waals surface area contributed by atoms with E-state index < -0.39 is 49.5 Å². The van der Waals surface area contributed by atoms with Crippen molar-refractivity contribution in [1.29, 1.82) is 0 Å². The van der Waals surface area contributed by atoms with Gasteiger partial charge in [0.1, 0.15) is 24.4 Å². The minimum absolute atomic E-state index is 0.166. The smallest absolute Gasteiger partial charge is 0.220 e. The highest BCUT2D eigenvalue weighted by atomic mass is 16.7. The van der Waals surface area contributed by atoms with E-state index in [0.29, 0.717) is 6.42 Å². The Hall–Kier alpha value is -1.07. The molecule has 1 aliphatic heterocycles. The Morgan fingerprint density at radius 2 is 0.655 bits per heavy atom. The molecule has 9 heteroatoms. The summed E-state index contributed by atoms with van der Waals surface area (Å²) in [6.07, 6.45) is 77.8. The summed E-state index contributed by atoms with van der Waals surface area (Å²) < 4.78 is 11.3. The Bertz CT molecular complexity index is 1330. The number of rotatable bonds is 68. The Balaban J connectivity index is 2.08. The average Bonchev–Trinajstić information content (AvgIpc) is 3.70. The fourth-order valence-corrected chi connectivity index (χ4v) is 12.7. The summed E-state index contributed by atoms with van der Waals surface area (Å²) in [7, 11) is 0. The monoisotopic (exact) mass is 1190 g/mol. The number of ether oxygens (including phenoxy) is 2. The number of allylic oxidation sites excluding steroid dienone is 1. The molecule has 1 saturated heterocycles. The van der Waals surface area contributed by atoms with E-state index in [2.05, 4.69) is 19.2 Å². The zero-order valence-corrected chi connectivity index (χ0v) is 56.2. The van der Waals surface area contributed by atoms with Crippen LogP contribution >= 0.6 is 0 Å². The highest BCUT2D eigenvalue weighted by Gasteiger charge is 2.44. The van der Waals surface area contributed by atoms with Crippen LogP contribution in [0.15, 0.2) is 12.2 Å². The highest BCUT2D eigenvalue weighted by Crippen LogP contribution is 2.24. The topological polar surface area (TPSA) is 149 Å². The van der Waals surface area contributed by atoms with Gasteiger partial charge >= 0.3 is 0 Å². The van der Waals surface area contributed by atoms with Crippen LogP contribution in [-0.4, -0.2) is 87.5 Å². The molecule has 0 bridgehead atoms. The molecule has 0 spiro atoms. The first-order chi connectivity index (χ1) is 41.3. The largest absolute Gasteiger partial charge is 0.394 e. The molecule has 1 fully saturated rings. The first-order valence-electron chi connectivity index (χ1n) is 37.9. The molecular weight excluding hydrogens is 1040 g/mol. The number of carbonyl (C=O) groups excluding carboxylic acids is 1. The Kier molecular flexibility index (Phi) is 62.5. The molecule has 0 radical (unpaired) electrons. The second kappa shape index (κ2) is 64.9. The van der Waals surface area contributed by atoms with E-state index in [4.69, 9.17) is 9.47 Å². The number of aliphatic hydroxyl groups is 5. The summed E-state index contributed by atoms with van der Waals surface area (Å²) in [6.45, 7) is 3.85. The molecule has 6 N–H and O–H groups in total. The number of amides is 1. The van der Waals surface area contributed by atoms with Gasteiger partial charge in [0.2, 0.25) is 5.91 Å². The summed E-state index contributed by atoms with van der Waals surface area (Å²) in [6, 6.07) is -0.803. The molecule has 0 aromatic heterocycles. The van der Waals surface area contributed by atoms with Crippen LogP contribution in [0.2, 0.25) is 0 Å². The van der Waals surface area contributed by atoms with Gasteiger partial charge in [0.05, 0.1) is 25.4 Å². The summed E-state index contributed by atoms with van der Waals surface area (Å²) >= 11 is 0. The van der Waals surface area contributed by atoms with Crippen molar-refractivity contribution in [2.45, 2.75) is 448 Å². The maximum Gasteiger partial charge on any atom is 0.220 e. The van der Waals surface area contributed by atoms with Gasteiger partial charge in [-0.25, -0.2) is 0 Å². The lowest BCUT2D eigenvalue weighted by Crippen LogP contribution is -2.60. The van der Waals surface area contributed by atoms with Gasteiger partial charge in [-0.3, -0.25) is 4.79 Å². The molecule has 1 rings (SSSR count). The van der Waals surface area contributed by atoms with E-state index in [1.54, 1.807) is 6.08 Å². The number of carbonyl (C=O) groups is 1. The van der Waals surface area contributed by atoms with Crippen molar-refractivity contribution in [3.63, 3.8) is 0 Å². The molecule has 0 saturated carbocycles. The van der Waals surface area contributed by atoms with Crippen LogP contribution in [0, 0.1) is 0 Å². The molecule has 500 valence electrons. The minimum atomic E-state index is -1.56. The molecule has 0 aromatic rings. The molecular formula is C75H147NO8. The van der Waals surface area contributed by atoms with Gasteiger partial charge in [-0.1, -0.05) is 392 Å². The first-order valence-corrected chi connectivity index (χ1v) is 37.9. The van der Waals surface area contributed by atoms with Crippen molar-refractivity contribution in [2.75, 3.05) is 13.2 Å². The van der Waals surface area contributed by atoms with Crippen LogP contribution in [0.5, 0.6) is 0 Å². The molecule has 0 aromatic carbocycles. The third kappa shape index (κ3) is 52.8. The number of hydrogen-bond acceptors (Lipinski definition) is 8. The second-order valence-electron chi connectivity index (χ2n) is 26.8. The molecule has 1 heterocycles. The normalized spacial score (nSPS) is 18.1. The SMILES string of the molecule is CCCCCCCCCCCCCCCCCCCCCCCCCCCCCC/C=C/C(O)C(COC1OC(CO)C(O)C(O)C1O)NC(=O)CCCCCCCCCCCCCCCCCCCCCCCCCCCCCCCCC. The fraction of sp³-hybridized carbons (Fsp3) is 0.960. The van der Waals surface area contributed by atoms with Crippen LogP contribution < -0.4 is 5.32 Å². The number of hydrogen-bond donors (Lipinski definition) is 6. The van der Waals surface area contributed by atoms with E-state index in [0.717, 1.165) is 38.5 Å². The van der Waals surface area contributed by atoms with Gasteiger partial charge in [0.15, 0.2) is 6.29 Å². The number of unbranched alkanes of at least 4 members (excludes halogenated alkanes) is 58. The fourth-order valence-electron chi connectivity index (χ4n) is 12.7. The Labute approximate surface area is 522 Å². The van der Waals surface area contributed by atoms with E-state index in [1.807, 2.05) is 6.08 Å². The van der Waals surface area contributed by atoms with Crippen LogP contribution in [-0.2, 0) is 14.3 Å². The quantitative estimate of drug-likeness (QED) is 0.0261. The third-order valence-corrected chi connectivity index (χ3v) is 18.6. The Morgan fingerprint density at radius 1 is 0.393 bits per heavy atom. The standard InChI is InChI=1S/C75H147NO8/c1-3-5-7-9-11-13-15-17-19-21-23-25-27-29-31-33-35-37-39-41-43-45-47-49-51-53-55-57-59-61-63-65-71(79)76-68(67-83-75-74(82)73(81)72(80)70(66-77)84-75)69(78)64-62-60-58-56-54-52-50-48-46-44-42-40-38-36-34-32-30-28-26-24-22-20-18-16-14-12-10-8-6-4-2/h62,64,68-70,72-75,77-78,80-82H,3-61,63,65-67H2,1-2H3,(H,76,79)/b64-62+. The second-order valence-corrected chi connectivity index (χ2v) is 26.8. The summed E-state index contributed by atoms with van der Waals surface area (Å²) in [5.41, 5.74) is 0. The van der Waals surface area contributed by atoms with Crippen molar-refractivity contribution in [3.8, 4) is 0 Å². The lowest BCUT2D eigenvalue weighted by molar-refractivity contribution is -0.302. The van der Waals surface area contributed by atoms with E-state index in [-0.39, 0.29) is 12.5 Å². The maximum atomic E-state index is 13.2. The van der Waals surface area contributed by atoms with Crippen LogP contribution in [0.25, 0.3) is 0 Å². The molecule has 1 aliphatic rings. The molecule has 1 amide bonds. The molecule has 7 atom stereocenters. The predicted octanol–water partition coefficient (Wildman–Crippen LogP) is 21.0. The summed E-state index contributed by atoms with van der Waals surface area (Å²) in [4.78, 5) is 13.2. The number of aliphatic hydroxyl groups excluding tert-OH is 5. The lowest BCUT2D eigenvalue weighted by Gasteiger charge is -2.40. The molecule has 84 heavy (non-hydrogen) atoms. The van der Waals surface area contributed by atoms with Crippen molar-refractivity contribution >= 4 is 5.91 Å². The first kappa shape index (κ1) is 80.9. The van der Waals surface area contributed by atoms with Gasteiger partial charge in [0.25, 0.3) is 0 Å². The van der Waals surface area contributed by atoms with E-state index in [1.165, 1.54) is 347 Å². The average molecular weight is 1190 g/mol. The van der Waals surface area contributed by atoms with Gasteiger partial charge in [-0.15, -0.1) is 0 Å². The zero-order valence-electron chi connectivity index (χ0n) is 56.2. The van der Waals surface area contributed by atoms with Gasteiger partial charge in [0, 0.05) is 6.42 Å². The van der Waals surface area contributed by atoms with E-state index in [9.17, 15) is 30.3 Å². The van der Waals surface area contributed by atoms with Gasteiger partial charge in [-0.2, -0.15) is 0 Å². The number of nitrogens with one attached hydrogen (secondary N) is 1. The zero-order chi connectivity index (χ0) is 60.7. The summed E-state index contributed by atoms with van der Waals surface area (Å²) in [5, 5.41) is 54.9. The van der Waals surface area contributed by atoms with Crippen molar-refractivity contribution in [3.05, 3.63) is 12.2 Å². The molecule has 7 unspecified atom stereocenters. The van der Waals surface area contributed by atoms with Gasteiger partial charge in [-0.05, 0) is 19.3 Å². The summed E-state index contributed by atoms with van der Waals surface area (Å²) in [5.74, 6) is -0.166. The van der Waals surface area contributed by atoms with Crippen LogP contribution in [0.1, 0.15) is 406 Å². The van der Waals surface area contributed by atoms with Crippen molar-refractivity contribution in [1.82, 2.24) is 5.32 Å². The Morgan fingerprint density at radius 3 is 0.929 bits per heavy atom. The highest BCUT2D eigenvalue weighted by molar-refractivity contribution is 5.76. The molecule has 0 aliphatic carbocycles.